The molecule has 51 heavy (non-hydrogen) atoms. The normalized spacial score (nSPS) is 12.2. The number of benzene rings is 8. The zero-order valence-electron chi connectivity index (χ0n) is 27.9. The Kier molecular flexibility index (Phi) is 6.05. The number of fused-ring (bicyclic) bond motifs is 9. The van der Waals surface area contributed by atoms with E-state index in [2.05, 4.69) is 191 Å². The molecule has 2 aromatic heterocycles. The molecule has 0 amide bonds. The second kappa shape index (κ2) is 10.9. The van der Waals surface area contributed by atoms with Gasteiger partial charge in [0, 0.05) is 32.9 Å². The van der Waals surface area contributed by atoms with Gasteiger partial charge >= 0.3 is 0 Å². The first kappa shape index (κ1) is 28.2. The molecule has 0 unspecified atom stereocenters. The van der Waals surface area contributed by atoms with E-state index in [1.54, 1.807) is 0 Å². The maximum atomic E-state index is 2.41. The fourth-order valence-electron chi connectivity index (χ4n) is 8.68. The van der Waals surface area contributed by atoms with E-state index in [4.69, 9.17) is 0 Å². The Balaban J connectivity index is 0.998. The number of para-hydroxylation sites is 3. The number of aromatic nitrogens is 2. The van der Waals surface area contributed by atoms with E-state index in [-0.39, 0.29) is 0 Å². The molecule has 2 heteroatoms. The lowest BCUT2D eigenvalue weighted by Gasteiger charge is -2.12. The van der Waals surface area contributed by atoms with Crippen LogP contribution in [0.25, 0.3) is 88.4 Å². The van der Waals surface area contributed by atoms with Crippen molar-refractivity contribution in [1.29, 1.82) is 0 Å². The van der Waals surface area contributed by atoms with Crippen LogP contribution in [-0.2, 0) is 6.42 Å². The fourth-order valence-corrected chi connectivity index (χ4v) is 8.68. The fraction of sp³-hybridized carbons (Fsp3) is 0.0204. The SMILES string of the molecule is c1cc(-c2ccc(-n3c4ccccc4c4cc(-n5c6ccccc6c6ccccc65)ccc43)cc2)cc(-c2cccc3c2Cc2ccccc2-3)c1. The van der Waals surface area contributed by atoms with Gasteiger partial charge in [0.2, 0.25) is 0 Å². The quantitative estimate of drug-likeness (QED) is 0.180. The van der Waals surface area contributed by atoms with Crippen LogP contribution >= 0.6 is 0 Å². The molecule has 8 aromatic carbocycles. The van der Waals surface area contributed by atoms with Crippen molar-refractivity contribution in [3.63, 3.8) is 0 Å². The summed E-state index contributed by atoms with van der Waals surface area (Å²) in [7, 11) is 0. The van der Waals surface area contributed by atoms with Crippen molar-refractivity contribution in [2.45, 2.75) is 6.42 Å². The van der Waals surface area contributed by atoms with E-state index in [0.717, 1.165) is 12.1 Å². The molecule has 0 atom stereocenters. The summed E-state index contributed by atoms with van der Waals surface area (Å²) in [4.78, 5) is 0. The molecule has 0 N–H and O–H groups in total. The molecule has 2 nitrogen and oxygen atoms in total. The summed E-state index contributed by atoms with van der Waals surface area (Å²) < 4.78 is 4.81. The van der Waals surface area contributed by atoms with Gasteiger partial charge < -0.3 is 9.13 Å². The minimum atomic E-state index is 0.986. The minimum absolute atomic E-state index is 0.986. The molecular weight excluding hydrogens is 617 g/mol. The van der Waals surface area contributed by atoms with E-state index in [0.29, 0.717) is 0 Å². The average Bonchev–Trinajstić information content (AvgIpc) is 3.86. The molecule has 0 saturated heterocycles. The van der Waals surface area contributed by atoms with E-state index >= 15 is 0 Å². The highest BCUT2D eigenvalue weighted by atomic mass is 15.0. The number of hydrogen-bond acceptors (Lipinski definition) is 0. The van der Waals surface area contributed by atoms with Crippen LogP contribution in [0.3, 0.4) is 0 Å². The van der Waals surface area contributed by atoms with Gasteiger partial charge in [-0.05, 0) is 106 Å². The Bertz CT molecular complexity index is 2940. The summed E-state index contributed by atoms with van der Waals surface area (Å²) in [6.45, 7) is 0. The monoisotopic (exact) mass is 648 g/mol. The van der Waals surface area contributed by atoms with Crippen molar-refractivity contribution in [3.8, 4) is 44.8 Å². The summed E-state index contributed by atoms with van der Waals surface area (Å²) in [5.74, 6) is 0. The summed E-state index contributed by atoms with van der Waals surface area (Å²) in [6, 6.07) is 66.8. The maximum absolute atomic E-state index is 2.41. The van der Waals surface area contributed by atoms with Crippen molar-refractivity contribution in [1.82, 2.24) is 9.13 Å². The van der Waals surface area contributed by atoms with Crippen LogP contribution in [0.5, 0.6) is 0 Å². The van der Waals surface area contributed by atoms with Crippen LogP contribution in [0.1, 0.15) is 11.1 Å². The van der Waals surface area contributed by atoms with Gasteiger partial charge in [-0.25, -0.2) is 0 Å². The first-order chi connectivity index (χ1) is 25.3. The van der Waals surface area contributed by atoms with E-state index < -0.39 is 0 Å². The van der Waals surface area contributed by atoms with Crippen molar-refractivity contribution < 1.29 is 0 Å². The zero-order valence-corrected chi connectivity index (χ0v) is 27.9. The molecule has 1 aliphatic carbocycles. The topological polar surface area (TPSA) is 9.86 Å². The first-order valence-electron chi connectivity index (χ1n) is 17.7. The molecule has 0 aliphatic heterocycles. The largest absolute Gasteiger partial charge is 0.309 e. The predicted molar refractivity (Wildman–Crippen MR) is 214 cm³/mol. The first-order valence-corrected chi connectivity index (χ1v) is 17.7. The minimum Gasteiger partial charge on any atom is -0.309 e. The standard InChI is InChI=1S/C49H32N2/c1-2-14-38-35(11-1)30-44-39(18-10-19-40(38)44)34-13-9-12-33(29-34)32-23-25-36(26-24-32)50-48-22-8-5-17-43(48)45-31-37(27-28-49(45)50)51-46-20-6-3-15-41(46)42-16-4-7-21-47(42)51/h1-29,31H,30H2. The lowest BCUT2D eigenvalue weighted by atomic mass is 9.93. The van der Waals surface area contributed by atoms with Crippen LogP contribution in [0.2, 0.25) is 0 Å². The lowest BCUT2D eigenvalue weighted by Crippen LogP contribution is -1.96. The van der Waals surface area contributed by atoms with Crippen LogP contribution in [-0.4, -0.2) is 9.13 Å². The van der Waals surface area contributed by atoms with Gasteiger partial charge in [0.15, 0.2) is 0 Å². The van der Waals surface area contributed by atoms with Gasteiger partial charge in [-0.15, -0.1) is 0 Å². The third-order valence-electron chi connectivity index (χ3n) is 11.0. The molecule has 0 fully saturated rings. The molecular formula is C49H32N2. The van der Waals surface area contributed by atoms with E-state index in [9.17, 15) is 0 Å². The molecule has 2 heterocycles. The highest BCUT2D eigenvalue weighted by molar-refractivity contribution is 6.12. The molecule has 0 saturated carbocycles. The second-order valence-electron chi connectivity index (χ2n) is 13.7. The molecule has 0 spiro atoms. The Morgan fingerprint density at radius 1 is 0.314 bits per heavy atom. The van der Waals surface area contributed by atoms with Gasteiger partial charge in [0.05, 0.1) is 22.1 Å². The van der Waals surface area contributed by atoms with Crippen molar-refractivity contribution in [2.75, 3.05) is 0 Å². The molecule has 0 radical (unpaired) electrons. The van der Waals surface area contributed by atoms with Crippen LogP contribution < -0.4 is 0 Å². The van der Waals surface area contributed by atoms with Gasteiger partial charge in [0.25, 0.3) is 0 Å². The molecule has 238 valence electrons. The Morgan fingerprint density at radius 3 is 1.59 bits per heavy atom. The molecule has 1 aliphatic rings. The van der Waals surface area contributed by atoms with Crippen LogP contribution in [0.15, 0.2) is 182 Å². The maximum Gasteiger partial charge on any atom is 0.0542 e. The lowest BCUT2D eigenvalue weighted by molar-refractivity contribution is 1.17. The second-order valence-corrected chi connectivity index (χ2v) is 13.7. The number of hydrogen-bond donors (Lipinski definition) is 0. The summed E-state index contributed by atoms with van der Waals surface area (Å²) in [5.41, 5.74) is 17.8. The van der Waals surface area contributed by atoms with Crippen molar-refractivity contribution in [2.24, 2.45) is 0 Å². The van der Waals surface area contributed by atoms with Crippen LogP contribution in [0, 0.1) is 0 Å². The molecule has 11 rings (SSSR count). The smallest absolute Gasteiger partial charge is 0.0542 e. The van der Waals surface area contributed by atoms with Crippen molar-refractivity contribution >= 4 is 43.6 Å². The zero-order chi connectivity index (χ0) is 33.5. The molecule has 0 bridgehead atoms. The Morgan fingerprint density at radius 2 is 0.843 bits per heavy atom. The highest BCUT2D eigenvalue weighted by Gasteiger charge is 2.21. The Labute approximate surface area is 296 Å². The van der Waals surface area contributed by atoms with Gasteiger partial charge in [-0.1, -0.05) is 127 Å². The van der Waals surface area contributed by atoms with Gasteiger partial charge in [-0.3, -0.25) is 0 Å². The molecule has 10 aromatic rings. The average molecular weight is 649 g/mol. The number of rotatable bonds is 4. The third kappa shape index (κ3) is 4.23. The predicted octanol–water partition coefficient (Wildman–Crippen LogP) is 12.8. The Hall–Kier alpha value is -6.64. The summed E-state index contributed by atoms with van der Waals surface area (Å²) >= 11 is 0. The summed E-state index contributed by atoms with van der Waals surface area (Å²) in [5, 5.41) is 5.06. The van der Waals surface area contributed by atoms with Gasteiger partial charge in [-0.2, -0.15) is 0 Å². The van der Waals surface area contributed by atoms with E-state index in [1.165, 1.54) is 93.8 Å². The third-order valence-corrected chi connectivity index (χ3v) is 11.0. The summed E-state index contributed by atoms with van der Waals surface area (Å²) in [6.07, 6.45) is 0.986. The van der Waals surface area contributed by atoms with Crippen LogP contribution in [0.4, 0.5) is 0 Å². The van der Waals surface area contributed by atoms with Crippen molar-refractivity contribution in [3.05, 3.63) is 193 Å². The number of nitrogens with zero attached hydrogens (tertiary/aromatic N) is 2. The van der Waals surface area contributed by atoms with Gasteiger partial charge in [0.1, 0.15) is 0 Å². The van der Waals surface area contributed by atoms with E-state index in [1.807, 2.05) is 0 Å². The highest BCUT2D eigenvalue weighted by Crippen LogP contribution is 2.42.